The number of rotatable bonds is 5. The average molecular weight is 408 g/mol. The van der Waals surface area contributed by atoms with E-state index >= 15 is 0 Å². The minimum Gasteiger partial charge on any atom is -0.349 e. The van der Waals surface area contributed by atoms with E-state index in [1.807, 2.05) is 13.0 Å². The van der Waals surface area contributed by atoms with Crippen molar-refractivity contribution in [1.82, 2.24) is 8.96 Å². The molecular weight excluding hydrogens is 392 g/mol. The van der Waals surface area contributed by atoms with Crippen molar-refractivity contribution in [1.29, 1.82) is 0 Å². The average Bonchev–Trinajstić information content (AvgIpc) is 3.14. The molecule has 0 aliphatic rings. The van der Waals surface area contributed by atoms with Crippen LogP contribution in [0.15, 0.2) is 78.0 Å². The molecule has 0 unspecified atom stereocenters. The van der Waals surface area contributed by atoms with Gasteiger partial charge in [0.25, 0.3) is 10.0 Å². The Labute approximate surface area is 166 Å². The van der Waals surface area contributed by atoms with Gasteiger partial charge in [-0.15, -0.1) is 0 Å². The maximum Gasteiger partial charge on any atom is 0.311 e. The van der Waals surface area contributed by atoms with Crippen molar-refractivity contribution in [3.8, 4) is 0 Å². The first-order chi connectivity index (χ1) is 13.9. The second-order valence-corrected chi connectivity index (χ2v) is 8.25. The fourth-order valence-electron chi connectivity index (χ4n) is 3.01. The van der Waals surface area contributed by atoms with Crippen LogP contribution in [0.1, 0.15) is 5.56 Å². The van der Waals surface area contributed by atoms with Gasteiger partial charge in [-0.3, -0.25) is 10.1 Å². The number of pyridine rings is 1. The number of aromatic nitrogens is 2. The van der Waals surface area contributed by atoms with Crippen molar-refractivity contribution in [2.45, 2.75) is 11.8 Å². The molecule has 0 amide bonds. The summed E-state index contributed by atoms with van der Waals surface area (Å²) >= 11 is 0. The molecule has 29 heavy (non-hydrogen) atoms. The Morgan fingerprint density at radius 3 is 2.38 bits per heavy atom. The highest BCUT2D eigenvalue weighted by Gasteiger charge is 2.25. The van der Waals surface area contributed by atoms with Crippen LogP contribution < -0.4 is 5.32 Å². The van der Waals surface area contributed by atoms with E-state index < -0.39 is 14.9 Å². The topological polar surface area (TPSA) is 107 Å². The number of nitrogens with one attached hydrogen (secondary N) is 1. The lowest BCUT2D eigenvalue weighted by atomic mass is 10.2. The third-order valence-corrected chi connectivity index (χ3v) is 6.16. The first kappa shape index (κ1) is 18.6. The first-order valence-corrected chi connectivity index (χ1v) is 10.1. The number of nitrogens with zero attached hydrogens (tertiary/aromatic N) is 3. The summed E-state index contributed by atoms with van der Waals surface area (Å²) in [5.41, 5.74) is 1.62. The van der Waals surface area contributed by atoms with Crippen LogP contribution in [-0.4, -0.2) is 22.3 Å². The quantitative estimate of drug-likeness (QED) is 0.391. The maximum atomic E-state index is 13.1. The normalized spacial score (nSPS) is 11.5. The lowest BCUT2D eigenvalue weighted by Gasteiger charge is -2.10. The molecule has 0 aliphatic carbocycles. The molecular formula is C20H16N4O4S. The first-order valence-electron chi connectivity index (χ1n) is 8.67. The molecule has 2 heterocycles. The Hall–Kier alpha value is -3.72. The molecule has 8 nitrogen and oxygen atoms in total. The Morgan fingerprint density at radius 2 is 1.72 bits per heavy atom. The summed E-state index contributed by atoms with van der Waals surface area (Å²) in [4.78, 5) is 15.1. The highest BCUT2D eigenvalue weighted by Crippen LogP contribution is 2.35. The van der Waals surface area contributed by atoms with E-state index in [9.17, 15) is 18.5 Å². The zero-order chi connectivity index (χ0) is 20.6. The number of fused-ring (bicyclic) bond motifs is 1. The fourth-order valence-corrected chi connectivity index (χ4v) is 4.31. The maximum absolute atomic E-state index is 13.1. The van der Waals surface area contributed by atoms with Crippen LogP contribution in [0, 0.1) is 17.0 Å². The summed E-state index contributed by atoms with van der Waals surface area (Å²) in [5, 5.41) is 14.9. The van der Waals surface area contributed by atoms with Crippen LogP contribution in [0.3, 0.4) is 0 Å². The molecule has 4 rings (SSSR count). The Kier molecular flexibility index (Phi) is 4.51. The van der Waals surface area contributed by atoms with Gasteiger partial charge < -0.3 is 5.32 Å². The molecule has 2 aromatic carbocycles. The van der Waals surface area contributed by atoms with Gasteiger partial charge in [0.05, 0.1) is 15.2 Å². The van der Waals surface area contributed by atoms with Gasteiger partial charge in [-0.05, 0) is 37.3 Å². The Balaban J connectivity index is 1.90. The van der Waals surface area contributed by atoms with Crippen molar-refractivity contribution in [3.05, 3.63) is 88.7 Å². The molecule has 0 atom stereocenters. The van der Waals surface area contributed by atoms with Gasteiger partial charge in [0.1, 0.15) is 11.9 Å². The summed E-state index contributed by atoms with van der Waals surface area (Å²) in [6.45, 7) is 1.86. The molecule has 0 fully saturated rings. The van der Waals surface area contributed by atoms with Gasteiger partial charge in [-0.2, -0.15) is 0 Å². The molecule has 4 aromatic rings. The van der Waals surface area contributed by atoms with Crippen LogP contribution >= 0.6 is 0 Å². The van der Waals surface area contributed by atoms with E-state index in [1.54, 1.807) is 36.4 Å². The number of benzene rings is 2. The van der Waals surface area contributed by atoms with E-state index in [1.165, 1.54) is 24.4 Å². The predicted octanol–water partition coefficient (Wildman–Crippen LogP) is 4.23. The number of hydrogen-bond acceptors (Lipinski definition) is 6. The van der Waals surface area contributed by atoms with Crippen molar-refractivity contribution in [3.63, 3.8) is 0 Å². The zero-order valence-electron chi connectivity index (χ0n) is 15.3. The van der Waals surface area contributed by atoms with E-state index in [-0.39, 0.29) is 21.9 Å². The van der Waals surface area contributed by atoms with Crippen molar-refractivity contribution < 1.29 is 13.3 Å². The van der Waals surface area contributed by atoms with Crippen LogP contribution in [0.25, 0.3) is 11.0 Å². The number of anilines is 2. The molecule has 2 aromatic heterocycles. The molecule has 0 aliphatic heterocycles. The van der Waals surface area contributed by atoms with Gasteiger partial charge in [0.15, 0.2) is 5.65 Å². The summed E-state index contributed by atoms with van der Waals surface area (Å²) in [5.74, 6) is 0. The SMILES string of the molecule is Cc1ccc(S(=O)(=O)n2ccc3c(Nc4ccccc4)c([N+](=O)[O-])cnc32)cc1. The molecule has 0 saturated carbocycles. The minimum atomic E-state index is -3.91. The van der Waals surface area contributed by atoms with Gasteiger partial charge >= 0.3 is 5.69 Å². The van der Waals surface area contributed by atoms with E-state index in [4.69, 9.17) is 0 Å². The standard InChI is InChI=1S/C20H16N4O4S/c1-14-7-9-16(10-8-14)29(27,28)23-12-11-17-19(22-15-5-3-2-4-6-15)18(24(25)26)13-21-20(17)23/h2-13H,1H3,(H,21,22). The van der Waals surface area contributed by atoms with E-state index in [0.717, 1.165) is 15.7 Å². The molecule has 9 heteroatoms. The third-order valence-electron chi connectivity index (χ3n) is 4.48. The number of aryl methyl sites for hydroxylation is 1. The molecule has 0 bridgehead atoms. The summed E-state index contributed by atoms with van der Waals surface area (Å²) < 4.78 is 27.2. The lowest BCUT2D eigenvalue weighted by molar-refractivity contribution is -0.384. The summed E-state index contributed by atoms with van der Waals surface area (Å²) in [6.07, 6.45) is 2.42. The van der Waals surface area contributed by atoms with Gasteiger partial charge in [0, 0.05) is 11.9 Å². The number of para-hydroxylation sites is 1. The molecule has 0 radical (unpaired) electrons. The second kappa shape index (κ2) is 7.02. The molecule has 146 valence electrons. The molecule has 1 N–H and O–H groups in total. The van der Waals surface area contributed by atoms with Gasteiger partial charge in [-0.25, -0.2) is 17.4 Å². The number of nitro groups is 1. The largest absolute Gasteiger partial charge is 0.349 e. The Morgan fingerprint density at radius 1 is 1.03 bits per heavy atom. The van der Waals surface area contributed by atoms with Crippen LogP contribution in [0.5, 0.6) is 0 Å². The smallest absolute Gasteiger partial charge is 0.311 e. The minimum absolute atomic E-state index is 0.106. The fraction of sp³-hybridized carbons (Fsp3) is 0.0500. The Bertz CT molecular complexity index is 1310. The second-order valence-electron chi connectivity index (χ2n) is 6.43. The lowest BCUT2D eigenvalue weighted by Crippen LogP contribution is -2.12. The van der Waals surface area contributed by atoms with E-state index in [2.05, 4.69) is 10.3 Å². The van der Waals surface area contributed by atoms with E-state index in [0.29, 0.717) is 11.1 Å². The van der Waals surface area contributed by atoms with Gasteiger partial charge in [-0.1, -0.05) is 35.9 Å². The monoisotopic (exact) mass is 408 g/mol. The zero-order valence-corrected chi connectivity index (χ0v) is 16.1. The third kappa shape index (κ3) is 3.32. The van der Waals surface area contributed by atoms with Crippen molar-refractivity contribution in [2.24, 2.45) is 0 Å². The molecule has 0 saturated heterocycles. The van der Waals surface area contributed by atoms with Crippen molar-refractivity contribution >= 4 is 38.1 Å². The van der Waals surface area contributed by atoms with Crippen LogP contribution in [-0.2, 0) is 10.0 Å². The predicted molar refractivity (Wildman–Crippen MR) is 110 cm³/mol. The van der Waals surface area contributed by atoms with Crippen LogP contribution in [0.4, 0.5) is 17.1 Å². The highest BCUT2D eigenvalue weighted by atomic mass is 32.2. The highest BCUT2D eigenvalue weighted by molar-refractivity contribution is 7.90. The van der Waals surface area contributed by atoms with Crippen molar-refractivity contribution in [2.75, 3.05) is 5.32 Å². The summed E-state index contributed by atoms with van der Waals surface area (Å²) in [7, 11) is -3.91. The molecule has 0 spiro atoms. The number of hydrogen-bond donors (Lipinski definition) is 1. The summed E-state index contributed by atoms with van der Waals surface area (Å²) in [6, 6.07) is 16.9. The van der Waals surface area contributed by atoms with Gasteiger partial charge in [0.2, 0.25) is 0 Å². The van der Waals surface area contributed by atoms with Crippen LogP contribution in [0.2, 0.25) is 0 Å².